The number of nitrogens with zero attached hydrogens (tertiary/aromatic N) is 2. The van der Waals surface area contributed by atoms with E-state index in [1.165, 1.54) is 0 Å². The molecule has 4 heteroatoms. The molecule has 0 bridgehead atoms. The lowest BCUT2D eigenvalue weighted by molar-refractivity contribution is 0.208. The van der Waals surface area contributed by atoms with E-state index in [-0.39, 0.29) is 6.03 Å². The molecular weight excluding hydrogens is 178 g/mol. The number of hydrogen-bond acceptors (Lipinski definition) is 2. The highest BCUT2D eigenvalue weighted by atomic mass is 16.2. The van der Waals surface area contributed by atoms with E-state index in [1.54, 1.807) is 0 Å². The third kappa shape index (κ3) is 3.65. The molecular formula is C10H17N3O. The molecule has 0 atom stereocenters. The summed E-state index contributed by atoms with van der Waals surface area (Å²) in [6.45, 7) is 2.48. The molecule has 1 aliphatic heterocycles. The zero-order chi connectivity index (χ0) is 10.2. The summed E-state index contributed by atoms with van der Waals surface area (Å²) in [6.07, 6.45) is 4.60. The molecule has 1 aliphatic rings. The fourth-order valence-corrected chi connectivity index (χ4v) is 1.56. The van der Waals surface area contributed by atoms with E-state index in [1.807, 2.05) is 4.90 Å². The van der Waals surface area contributed by atoms with Gasteiger partial charge in [-0.2, -0.15) is 5.26 Å². The van der Waals surface area contributed by atoms with Gasteiger partial charge in [-0.25, -0.2) is 4.79 Å². The fourth-order valence-electron chi connectivity index (χ4n) is 1.56. The molecule has 0 aromatic carbocycles. The molecule has 1 N–H and O–H groups in total. The molecule has 4 nitrogen and oxygen atoms in total. The topological polar surface area (TPSA) is 56.1 Å². The first kappa shape index (κ1) is 10.8. The standard InChI is InChI=1S/C10H17N3O/c11-6-2-1-3-7-12-10(14)13-8-4-5-9-13/h1-5,7-9H2,(H,12,14). The first-order chi connectivity index (χ1) is 6.84. The van der Waals surface area contributed by atoms with Crippen molar-refractivity contribution in [3.8, 4) is 6.07 Å². The summed E-state index contributed by atoms with van der Waals surface area (Å²) < 4.78 is 0. The van der Waals surface area contributed by atoms with Gasteiger partial charge in [0, 0.05) is 26.1 Å². The SMILES string of the molecule is N#CCCCCNC(=O)N1CCCC1. The molecule has 14 heavy (non-hydrogen) atoms. The van der Waals surface area contributed by atoms with Crippen LogP contribution in [0, 0.1) is 11.3 Å². The van der Waals surface area contributed by atoms with Crippen molar-refractivity contribution in [3.63, 3.8) is 0 Å². The number of amides is 2. The van der Waals surface area contributed by atoms with Gasteiger partial charge in [-0.1, -0.05) is 0 Å². The average molecular weight is 195 g/mol. The van der Waals surface area contributed by atoms with Crippen LogP contribution in [0.4, 0.5) is 4.79 Å². The molecule has 1 fully saturated rings. The van der Waals surface area contributed by atoms with Crippen molar-refractivity contribution < 1.29 is 4.79 Å². The average Bonchev–Trinajstić information content (AvgIpc) is 2.70. The third-order valence-electron chi connectivity index (χ3n) is 2.38. The van der Waals surface area contributed by atoms with Crippen LogP contribution in [0.3, 0.4) is 0 Å². The van der Waals surface area contributed by atoms with Crippen LogP contribution in [-0.4, -0.2) is 30.6 Å². The van der Waals surface area contributed by atoms with Crippen molar-refractivity contribution in [1.82, 2.24) is 10.2 Å². The Labute approximate surface area is 84.9 Å². The van der Waals surface area contributed by atoms with Crippen molar-refractivity contribution in [2.75, 3.05) is 19.6 Å². The van der Waals surface area contributed by atoms with Gasteiger partial charge in [-0.15, -0.1) is 0 Å². The first-order valence-electron chi connectivity index (χ1n) is 5.24. The molecule has 0 unspecified atom stereocenters. The van der Waals surface area contributed by atoms with Crippen LogP contribution < -0.4 is 5.32 Å². The van der Waals surface area contributed by atoms with Crippen LogP contribution in [0.25, 0.3) is 0 Å². The van der Waals surface area contributed by atoms with Gasteiger partial charge in [0.25, 0.3) is 0 Å². The molecule has 78 valence electrons. The first-order valence-corrected chi connectivity index (χ1v) is 5.24. The van der Waals surface area contributed by atoms with E-state index >= 15 is 0 Å². The highest BCUT2D eigenvalue weighted by molar-refractivity contribution is 5.74. The van der Waals surface area contributed by atoms with Crippen molar-refractivity contribution in [3.05, 3.63) is 0 Å². The summed E-state index contributed by atoms with van der Waals surface area (Å²) >= 11 is 0. The van der Waals surface area contributed by atoms with Crippen molar-refractivity contribution >= 4 is 6.03 Å². The second-order valence-corrected chi connectivity index (χ2v) is 3.54. The number of likely N-dealkylation sites (tertiary alicyclic amines) is 1. The van der Waals surface area contributed by atoms with E-state index in [4.69, 9.17) is 5.26 Å². The maximum atomic E-state index is 11.4. The van der Waals surface area contributed by atoms with Gasteiger partial charge in [0.2, 0.25) is 0 Å². The molecule has 1 saturated heterocycles. The lowest BCUT2D eigenvalue weighted by Gasteiger charge is -2.15. The maximum absolute atomic E-state index is 11.4. The molecule has 0 aromatic rings. The Bertz CT molecular complexity index is 216. The number of carbonyl (C=O) groups is 1. The number of urea groups is 1. The predicted octanol–water partition coefficient (Wildman–Crippen LogP) is 1.49. The minimum atomic E-state index is 0.0551. The minimum Gasteiger partial charge on any atom is -0.338 e. The lowest BCUT2D eigenvalue weighted by atomic mass is 10.2. The largest absolute Gasteiger partial charge is 0.338 e. The van der Waals surface area contributed by atoms with Gasteiger partial charge in [-0.05, 0) is 25.7 Å². The number of nitriles is 1. The zero-order valence-electron chi connectivity index (χ0n) is 8.46. The minimum absolute atomic E-state index is 0.0551. The smallest absolute Gasteiger partial charge is 0.317 e. The Balaban J connectivity index is 2.00. The summed E-state index contributed by atoms with van der Waals surface area (Å²) in [5.74, 6) is 0. The van der Waals surface area contributed by atoms with Crippen LogP contribution in [0.15, 0.2) is 0 Å². The van der Waals surface area contributed by atoms with Crippen molar-refractivity contribution in [1.29, 1.82) is 5.26 Å². The number of rotatable bonds is 4. The van der Waals surface area contributed by atoms with Crippen LogP contribution in [-0.2, 0) is 0 Å². The molecule has 0 aliphatic carbocycles. The Morgan fingerprint density at radius 3 is 2.71 bits per heavy atom. The summed E-state index contributed by atoms with van der Waals surface area (Å²) in [4.78, 5) is 13.3. The Morgan fingerprint density at radius 2 is 2.07 bits per heavy atom. The summed E-state index contributed by atoms with van der Waals surface area (Å²) in [5.41, 5.74) is 0. The molecule has 1 rings (SSSR count). The van der Waals surface area contributed by atoms with Crippen LogP contribution in [0.1, 0.15) is 32.1 Å². The molecule has 0 aromatic heterocycles. The Morgan fingerprint density at radius 1 is 1.36 bits per heavy atom. The van der Waals surface area contributed by atoms with Gasteiger partial charge < -0.3 is 10.2 Å². The van der Waals surface area contributed by atoms with E-state index in [0.717, 1.165) is 38.8 Å². The van der Waals surface area contributed by atoms with Gasteiger partial charge >= 0.3 is 6.03 Å². The second-order valence-electron chi connectivity index (χ2n) is 3.54. The van der Waals surface area contributed by atoms with Gasteiger partial charge in [0.1, 0.15) is 0 Å². The van der Waals surface area contributed by atoms with Crippen LogP contribution >= 0.6 is 0 Å². The maximum Gasteiger partial charge on any atom is 0.317 e. The monoisotopic (exact) mass is 195 g/mol. The number of hydrogen-bond donors (Lipinski definition) is 1. The van der Waals surface area contributed by atoms with E-state index in [9.17, 15) is 4.79 Å². The molecule has 0 saturated carbocycles. The second kappa shape index (κ2) is 6.25. The van der Waals surface area contributed by atoms with E-state index < -0.39 is 0 Å². The highest BCUT2D eigenvalue weighted by Crippen LogP contribution is 2.06. The van der Waals surface area contributed by atoms with Crippen LogP contribution in [0.5, 0.6) is 0 Å². The summed E-state index contributed by atoms with van der Waals surface area (Å²) in [6, 6.07) is 2.14. The third-order valence-corrected chi connectivity index (χ3v) is 2.38. The molecule has 0 radical (unpaired) electrons. The Kier molecular flexibility index (Phi) is 4.84. The molecule has 2 amide bonds. The van der Waals surface area contributed by atoms with Crippen molar-refractivity contribution in [2.24, 2.45) is 0 Å². The van der Waals surface area contributed by atoms with Gasteiger partial charge in [0.05, 0.1) is 6.07 Å². The summed E-state index contributed by atoms with van der Waals surface area (Å²) in [7, 11) is 0. The molecule has 1 heterocycles. The zero-order valence-corrected chi connectivity index (χ0v) is 8.46. The number of carbonyl (C=O) groups excluding carboxylic acids is 1. The van der Waals surface area contributed by atoms with E-state index in [0.29, 0.717) is 13.0 Å². The van der Waals surface area contributed by atoms with Crippen molar-refractivity contribution in [2.45, 2.75) is 32.1 Å². The quantitative estimate of drug-likeness (QED) is 0.691. The number of nitrogens with one attached hydrogen (secondary N) is 1. The van der Waals surface area contributed by atoms with Gasteiger partial charge in [0.15, 0.2) is 0 Å². The van der Waals surface area contributed by atoms with Crippen LogP contribution in [0.2, 0.25) is 0 Å². The Hall–Kier alpha value is -1.24. The highest BCUT2D eigenvalue weighted by Gasteiger charge is 2.16. The molecule has 0 spiro atoms. The van der Waals surface area contributed by atoms with E-state index in [2.05, 4.69) is 11.4 Å². The number of unbranched alkanes of at least 4 members (excludes halogenated alkanes) is 2. The summed E-state index contributed by atoms with van der Waals surface area (Å²) in [5, 5.41) is 11.2. The normalized spacial score (nSPS) is 15.2. The predicted molar refractivity (Wildman–Crippen MR) is 53.7 cm³/mol. The van der Waals surface area contributed by atoms with Gasteiger partial charge in [-0.3, -0.25) is 0 Å². The fraction of sp³-hybridized carbons (Fsp3) is 0.800. The lowest BCUT2D eigenvalue weighted by Crippen LogP contribution is -2.38.